The Balaban J connectivity index is 1.76. The van der Waals surface area contributed by atoms with Gasteiger partial charge in [-0.2, -0.15) is 0 Å². The Morgan fingerprint density at radius 2 is 2.16 bits per heavy atom. The molecule has 1 aromatic rings. The van der Waals surface area contributed by atoms with Crippen molar-refractivity contribution >= 4 is 5.69 Å². The molecule has 19 heavy (non-hydrogen) atoms. The van der Waals surface area contributed by atoms with Gasteiger partial charge in [-0.25, -0.2) is 0 Å². The summed E-state index contributed by atoms with van der Waals surface area (Å²) in [5, 5.41) is 6.97. The highest BCUT2D eigenvalue weighted by Crippen LogP contribution is 2.37. The number of hydrogen-bond donors (Lipinski definition) is 2. The van der Waals surface area contributed by atoms with Gasteiger partial charge in [0.1, 0.15) is 6.17 Å². The Bertz CT molecular complexity index is 524. The van der Waals surface area contributed by atoms with Gasteiger partial charge in [0.15, 0.2) is 0 Å². The molecule has 1 unspecified atom stereocenters. The van der Waals surface area contributed by atoms with Crippen LogP contribution in [0, 0.1) is 12.8 Å². The lowest BCUT2D eigenvalue weighted by Crippen LogP contribution is -2.33. The van der Waals surface area contributed by atoms with Crippen LogP contribution in [0.15, 0.2) is 42.1 Å². The van der Waals surface area contributed by atoms with E-state index in [0.29, 0.717) is 0 Å². The molecular formula is C17H22N2. The van der Waals surface area contributed by atoms with Crippen LogP contribution in [0.4, 0.5) is 5.69 Å². The zero-order valence-electron chi connectivity index (χ0n) is 11.7. The van der Waals surface area contributed by atoms with Crippen LogP contribution in [0.3, 0.4) is 0 Å². The third kappa shape index (κ3) is 2.83. The SMILES string of the molecule is CCc1ccc(C)c(NC2C=C(C3CC3)C=CN2)c1. The maximum atomic E-state index is 3.60. The van der Waals surface area contributed by atoms with Crippen LogP contribution >= 0.6 is 0 Å². The fourth-order valence-electron chi connectivity index (χ4n) is 2.53. The van der Waals surface area contributed by atoms with E-state index in [0.717, 1.165) is 12.3 Å². The van der Waals surface area contributed by atoms with E-state index in [1.807, 2.05) is 0 Å². The maximum Gasteiger partial charge on any atom is 0.116 e. The maximum absolute atomic E-state index is 3.60. The van der Waals surface area contributed by atoms with Crippen molar-refractivity contribution in [1.82, 2.24) is 5.32 Å². The summed E-state index contributed by atoms with van der Waals surface area (Å²) in [7, 11) is 0. The van der Waals surface area contributed by atoms with Crippen molar-refractivity contribution in [2.24, 2.45) is 5.92 Å². The standard InChI is InChI=1S/C17H22N2/c1-3-13-5-4-12(2)16(10-13)19-17-11-15(8-9-18-17)14-6-7-14/h4-5,8-11,14,17-19H,3,6-7H2,1-2H3. The van der Waals surface area contributed by atoms with Gasteiger partial charge in [-0.3, -0.25) is 0 Å². The Morgan fingerprint density at radius 1 is 1.32 bits per heavy atom. The Hall–Kier alpha value is -1.70. The molecule has 0 radical (unpaired) electrons. The highest BCUT2D eigenvalue weighted by Gasteiger charge is 2.26. The molecule has 2 heteroatoms. The molecule has 1 fully saturated rings. The summed E-state index contributed by atoms with van der Waals surface area (Å²) in [5.74, 6) is 0.811. The Kier molecular flexibility index (Phi) is 3.33. The lowest BCUT2D eigenvalue weighted by molar-refractivity contribution is 0.755. The van der Waals surface area contributed by atoms with Gasteiger partial charge in [-0.15, -0.1) is 0 Å². The summed E-state index contributed by atoms with van der Waals surface area (Å²) < 4.78 is 0. The van der Waals surface area contributed by atoms with E-state index >= 15 is 0 Å². The molecule has 0 aromatic heterocycles. The van der Waals surface area contributed by atoms with Crippen molar-refractivity contribution in [3.05, 3.63) is 53.3 Å². The smallest absolute Gasteiger partial charge is 0.116 e. The van der Waals surface area contributed by atoms with Crippen molar-refractivity contribution in [1.29, 1.82) is 0 Å². The number of dihydropyridines is 1. The van der Waals surface area contributed by atoms with E-state index in [4.69, 9.17) is 0 Å². The largest absolute Gasteiger partial charge is 0.368 e. The van der Waals surface area contributed by atoms with Gasteiger partial charge in [0, 0.05) is 5.69 Å². The molecule has 1 aliphatic heterocycles. The molecule has 2 aliphatic rings. The minimum absolute atomic E-state index is 0.214. The number of hydrogen-bond acceptors (Lipinski definition) is 2. The molecular weight excluding hydrogens is 232 g/mol. The molecule has 0 saturated heterocycles. The fourth-order valence-corrected chi connectivity index (χ4v) is 2.53. The number of anilines is 1. The zero-order valence-corrected chi connectivity index (χ0v) is 11.7. The second-order valence-electron chi connectivity index (χ2n) is 5.57. The van der Waals surface area contributed by atoms with Gasteiger partial charge in [-0.05, 0) is 73.2 Å². The molecule has 1 heterocycles. The molecule has 1 aliphatic carbocycles. The second-order valence-corrected chi connectivity index (χ2v) is 5.57. The topological polar surface area (TPSA) is 24.1 Å². The van der Waals surface area contributed by atoms with E-state index in [1.165, 1.54) is 35.2 Å². The molecule has 2 nitrogen and oxygen atoms in total. The number of rotatable bonds is 4. The molecule has 1 atom stereocenters. The van der Waals surface area contributed by atoms with Crippen molar-refractivity contribution < 1.29 is 0 Å². The summed E-state index contributed by atoms with van der Waals surface area (Å²) in [6.07, 6.45) is 10.6. The van der Waals surface area contributed by atoms with Crippen molar-refractivity contribution in [3.63, 3.8) is 0 Å². The fraction of sp³-hybridized carbons (Fsp3) is 0.412. The molecule has 0 spiro atoms. The monoisotopic (exact) mass is 254 g/mol. The van der Waals surface area contributed by atoms with Crippen LogP contribution in [0.1, 0.15) is 30.9 Å². The van der Waals surface area contributed by atoms with Gasteiger partial charge >= 0.3 is 0 Å². The van der Waals surface area contributed by atoms with E-state index in [-0.39, 0.29) is 6.17 Å². The number of allylic oxidation sites excluding steroid dienone is 2. The molecule has 0 amide bonds. The number of aryl methyl sites for hydroxylation is 2. The molecule has 3 rings (SSSR count). The minimum atomic E-state index is 0.214. The average molecular weight is 254 g/mol. The minimum Gasteiger partial charge on any atom is -0.368 e. The highest BCUT2D eigenvalue weighted by atomic mass is 15.1. The average Bonchev–Trinajstić information content (AvgIpc) is 3.26. The predicted octanol–water partition coefficient (Wildman–Crippen LogP) is 3.75. The van der Waals surface area contributed by atoms with Crippen LogP contribution in [0.25, 0.3) is 0 Å². The van der Waals surface area contributed by atoms with E-state index < -0.39 is 0 Å². The summed E-state index contributed by atoms with van der Waals surface area (Å²) >= 11 is 0. The third-order valence-corrected chi connectivity index (χ3v) is 3.98. The van der Waals surface area contributed by atoms with Crippen molar-refractivity contribution in [3.8, 4) is 0 Å². The third-order valence-electron chi connectivity index (χ3n) is 3.98. The Labute approximate surface area is 115 Å². The quantitative estimate of drug-likeness (QED) is 0.855. The predicted molar refractivity (Wildman–Crippen MR) is 81.1 cm³/mol. The number of benzene rings is 1. The van der Waals surface area contributed by atoms with Crippen LogP contribution in [0.2, 0.25) is 0 Å². The van der Waals surface area contributed by atoms with E-state index in [1.54, 1.807) is 0 Å². The molecule has 1 saturated carbocycles. The van der Waals surface area contributed by atoms with Crippen LogP contribution in [0.5, 0.6) is 0 Å². The number of nitrogens with one attached hydrogen (secondary N) is 2. The lowest BCUT2D eigenvalue weighted by Gasteiger charge is -2.23. The summed E-state index contributed by atoms with van der Waals surface area (Å²) in [5.41, 5.74) is 5.40. The second kappa shape index (κ2) is 5.12. The first-order chi connectivity index (χ1) is 9.26. The van der Waals surface area contributed by atoms with Crippen LogP contribution < -0.4 is 10.6 Å². The van der Waals surface area contributed by atoms with Crippen LogP contribution in [-0.4, -0.2) is 6.17 Å². The van der Waals surface area contributed by atoms with Crippen LogP contribution in [-0.2, 0) is 6.42 Å². The first-order valence-electron chi connectivity index (χ1n) is 7.26. The summed E-state index contributed by atoms with van der Waals surface area (Å²) in [4.78, 5) is 0. The van der Waals surface area contributed by atoms with Gasteiger partial charge in [0.2, 0.25) is 0 Å². The zero-order chi connectivity index (χ0) is 13.2. The van der Waals surface area contributed by atoms with Gasteiger partial charge in [-0.1, -0.05) is 19.1 Å². The highest BCUT2D eigenvalue weighted by molar-refractivity contribution is 5.54. The Morgan fingerprint density at radius 3 is 2.89 bits per heavy atom. The van der Waals surface area contributed by atoms with Crippen molar-refractivity contribution in [2.45, 2.75) is 39.3 Å². The van der Waals surface area contributed by atoms with Gasteiger partial charge < -0.3 is 10.6 Å². The lowest BCUT2D eigenvalue weighted by atomic mass is 10.1. The van der Waals surface area contributed by atoms with Gasteiger partial charge in [0.05, 0.1) is 0 Å². The molecule has 0 bridgehead atoms. The summed E-state index contributed by atoms with van der Waals surface area (Å²) in [6, 6.07) is 6.67. The van der Waals surface area contributed by atoms with E-state index in [9.17, 15) is 0 Å². The normalized spacial score (nSPS) is 21.8. The first-order valence-corrected chi connectivity index (χ1v) is 7.26. The first kappa shape index (κ1) is 12.3. The van der Waals surface area contributed by atoms with E-state index in [2.05, 4.69) is 61.0 Å². The van der Waals surface area contributed by atoms with Crippen molar-refractivity contribution in [2.75, 3.05) is 5.32 Å². The molecule has 2 N–H and O–H groups in total. The van der Waals surface area contributed by atoms with Gasteiger partial charge in [0.25, 0.3) is 0 Å². The molecule has 1 aromatic carbocycles. The summed E-state index contributed by atoms with van der Waals surface area (Å²) in [6.45, 7) is 4.35. The molecule has 100 valence electrons.